The van der Waals surface area contributed by atoms with Crippen LogP contribution in [0, 0.1) is 0 Å². The summed E-state index contributed by atoms with van der Waals surface area (Å²) < 4.78 is 43.3. The van der Waals surface area contributed by atoms with Gasteiger partial charge in [0.05, 0.1) is 18.3 Å². The molecule has 7 nitrogen and oxygen atoms in total. The van der Waals surface area contributed by atoms with E-state index < -0.39 is 34.8 Å². The van der Waals surface area contributed by atoms with Gasteiger partial charge in [-0.15, -0.1) is 0 Å². The summed E-state index contributed by atoms with van der Waals surface area (Å²) >= 11 is 0. The monoisotopic (exact) mass is 347 g/mol. The molecule has 1 aliphatic rings. The van der Waals surface area contributed by atoms with Crippen molar-refractivity contribution in [2.75, 3.05) is 25.0 Å². The molecule has 0 spiro atoms. The second-order valence-electron chi connectivity index (χ2n) is 5.24. The van der Waals surface area contributed by atoms with Crippen LogP contribution in [0.25, 0.3) is 0 Å². The van der Waals surface area contributed by atoms with Crippen LogP contribution in [0.3, 0.4) is 0 Å². The SMILES string of the molecule is CC[C@@H]1CN(C(=O)C(=O)Nc2cc(C(F)(F)F)c[nH]c2=O)CCO1. The van der Waals surface area contributed by atoms with Crippen molar-refractivity contribution in [2.45, 2.75) is 25.6 Å². The lowest BCUT2D eigenvalue weighted by atomic mass is 10.2. The van der Waals surface area contributed by atoms with E-state index in [4.69, 9.17) is 4.74 Å². The molecule has 2 amide bonds. The highest BCUT2D eigenvalue weighted by molar-refractivity contribution is 6.39. The van der Waals surface area contributed by atoms with E-state index in [1.54, 1.807) is 0 Å². The van der Waals surface area contributed by atoms with Crippen LogP contribution >= 0.6 is 0 Å². The van der Waals surface area contributed by atoms with Crippen molar-refractivity contribution in [3.8, 4) is 0 Å². The Bertz CT molecular complexity index is 687. The van der Waals surface area contributed by atoms with Crippen LogP contribution < -0.4 is 10.9 Å². The summed E-state index contributed by atoms with van der Waals surface area (Å²) in [4.78, 5) is 38.7. The number of hydrogen-bond acceptors (Lipinski definition) is 4. The van der Waals surface area contributed by atoms with Gasteiger partial charge in [0.15, 0.2) is 0 Å². The zero-order valence-electron chi connectivity index (χ0n) is 12.8. The molecule has 1 aromatic heterocycles. The van der Waals surface area contributed by atoms with Crippen LogP contribution in [-0.2, 0) is 20.5 Å². The molecule has 0 bridgehead atoms. The summed E-state index contributed by atoms with van der Waals surface area (Å²) in [6, 6.07) is 0.484. The highest BCUT2D eigenvalue weighted by atomic mass is 19.4. The summed E-state index contributed by atoms with van der Waals surface area (Å²) in [6.07, 6.45) is -3.74. The third kappa shape index (κ3) is 4.13. The Balaban J connectivity index is 2.11. The van der Waals surface area contributed by atoms with E-state index in [1.165, 1.54) is 4.90 Å². The topological polar surface area (TPSA) is 91.5 Å². The van der Waals surface area contributed by atoms with Gasteiger partial charge in [0.1, 0.15) is 5.69 Å². The van der Waals surface area contributed by atoms with Crippen LogP contribution in [-0.4, -0.2) is 47.5 Å². The fourth-order valence-electron chi connectivity index (χ4n) is 2.21. The molecule has 2 N–H and O–H groups in total. The third-order valence-electron chi connectivity index (χ3n) is 3.55. The molecule has 1 aromatic rings. The van der Waals surface area contributed by atoms with Crippen molar-refractivity contribution >= 4 is 17.5 Å². The van der Waals surface area contributed by atoms with Crippen molar-refractivity contribution in [2.24, 2.45) is 0 Å². The van der Waals surface area contributed by atoms with Gasteiger partial charge in [-0.1, -0.05) is 6.92 Å². The number of aromatic nitrogens is 1. The number of H-pyrrole nitrogens is 1. The number of carbonyl (C=O) groups excluding carboxylic acids is 2. The van der Waals surface area contributed by atoms with Crippen molar-refractivity contribution < 1.29 is 27.5 Å². The van der Waals surface area contributed by atoms with Crippen molar-refractivity contribution in [1.29, 1.82) is 0 Å². The van der Waals surface area contributed by atoms with Crippen molar-refractivity contribution in [3.63, 3.8) is 0 Å². The van der Waals surface area contributed by atoms with E-state index in [2.05, 4.69) is 0 Å². The van der Waals surface area contributed by atoms with E-state index in [9.17, 15) is 27.6 Å². The number of alkyl halides is 3. The Hall–Kier alpha value is -2.36. The lowest BCUT2D eigenvalue weighted by molar-refractivity contribution is -0.148. The molecule has 0 aliphatic carbocycles. The van der Waals surface area contributed by atoms with Crippen LogP contribution in [0.2, 0.25) is 0 Å². The summed E-state index contributed by atoms with van der Waals surface area (Å²) in [5, 5.41) is 1.94. The molecule has 0 radical (unpaired) electrons. The lowest BCUT2D eigenvalue weighted by Gasteiger charge is -2.31. The van der Waals surface area contributed by atoms with E-state index >= 15 is 0 Å². The number of morpholine rings is 1. The predicted octanol–water partition coefficient (Wildman–Crippen LogP) is 0.970. The molecule has 10 heteroatoms. The smallest absolute Gasteiger partial charge is 0.375 e. The number of nitrogens with one attached hydrogen (secondary N) is 2. The van der Waals surface area contributed by atoms with Gasteiger partial charge < -0.3 is 19.9 Å². The molecule has 0 saturated carbocycles. The predicted molar refractivity (Wildman–Crippen MR) is 77.3 cm³/mol. The summed E-state index contributed by atoms with van der Waals surface area (Å²) in [6.45, 7) is 2.53. The third-order valence-corrected chi connectivity index (χ3v) is 3.55. The van der Waals surface area contributed by atoms with Crippen molar-refractivity contribution in [1.82, 2.24) is 9.88 Å². The minimum atomic E-state index is -4.69. The van der Waals surface area contributed by atoms with Crippen molar-refractivity contribution in [3.05, 3.63) is 28.2 Å². The maximum Gasteiger partial charge on any atom is 0.417 e. The molecule has 2 rings (SSSR count). The number of ether oxygens (including phenoxy) is 1. The number of pyridine rings is 1. The second kappa shape index (κ2) is 7.04. The second-order valence-corrected chi connectivity index (χ2v) is 5.24. The van der Waals surface area contributed by atoms with Crippen LogP contribution in [0.4, 0.5) is 18.9 Å². The standard InChI is InChI=1S/C14H16F3N3O4/c1-2-9-7-20(3-4-24-9)13(23)12(22)19-10-5-8(14(15,16)17)6-18-11(10)21/h5-6,9H,2-4,7H2,1H3,(H,18,21)(H,19,22)/t9-/m1/s1. The largest absolute Gasteiger partial charge is 0.417 e. The lowest BCUT2D eigenvalue weighted by Crippen LogP contribution is -2.49. The average molecular weight is 347 g/mol. The molecule has 132 valence electrons. The quantitative estimate of drug-likeness (QED) is 0.780. The zero-order valence-corrected chi connectivity index (χ0v) is 12.8. The van der Waals surface area contributed by atoms with Crippen LogP contribution in [0.1, 0.15) is 18.9 Å². The van der Waals surface area contributed by atoms with E-state index in [0.29, 0.717) is 18.7 Å². The first kappa shape index (κ1) is 18.0. The first-order valence-electron chi connectivity index (χ1n) is 7.24. The molecular formula is C14H16F3N3O4. The Morgan fingerprint density at radius 2 is 2.17 bits per heavy atom. The van der Waals surface area contributed by atoms with Gasteiger partial charge in [0.2, 0.25) is 0 Å². The Morgan fingerprint density at radius 3 is 2.79 bits per heavy atom. The molecule has 1 fully saturated rings. The number of amides is 2. The van der Waals surface area contributed by atoms with Gasteiger partial charge in [0.25, 0.3) is 5.56 Å². The molecule has 1 saturated heterocycles. The van der Waals surface area contributed by atoms with Crippen LogP contribution in [0.5, 0.6) is 0 Å². The number of halogens is 3. The molecule has 24 heavy (non-hydrogen) atoms. The summed E-state index contributed by atoms with van der Waals surface area (Å²) in [7, 11) is 0. The molecular weight excluding hydrogens is 331 g/mol. The van der Waals surface area contributed by atoms with Gasteiger partial charge in [-0.3, -0.25) is 14.4 Å². The first-order valence-corrected chi connectivity index (χ1v) is 7.24. The van der Waals surface area contributed by atoms with Crippen LogP contribution in [0.15, 0.2) is 17.1 Å². The number of anilines is 1. The van der Waals surface area contributed by atoms with Gasteiger partial charge in [0, 0.05) is 19.3 Å². The molecule has 0 aromatic carbocycles. The number of hydrogen-bond donors (Lipinski definition) is 2. The van der Waals surface area contributed by atoms with E-state index in [0.717, 1.165) is 0 Å². The molecule has 0 unspecified atom stereocenters. The fourth-order valence-corrected chi connectivity index (χ4v) is 2.21. The Morgan fingerprint density at radius 1 is 1.46 bits per heavy atom. The summed E-state index contributed by atoms with van der Waals surface area (Å²) in [5.41, 5.74) is -2.71. The average Bonchev–Trinajstić information content (AvgIpc) is 2.55. The van der Waals surface area contributed by atoms with Gasteiger partial charge >= 0.3 is 18.0 Å². The Labute approximate surface area is 134 Å². The summed E-state index contributed by atoms with van der Waals surface area (Å²) in [5.74, 6) is -2.09. The fraction of sp³-hybridized carbons (Fsp3) is 0.500. The molecule has 2 heterocycles. The molecule has 1 atom stereocenters. The number of carbonyl (C=O) groups is 2. The molecule has 1 aliphatic heterocycles. The van der Waals surface area contributed by atoms with E-state index in [-0.39, 0.29) is 25.8 Å². The van der Waals surface area contributed by atoms with E-state index in [1.807, 2.05) is 17.2 Å². The highest BCUT2D eigenvalue weighted by Crippen LogP contribution is 2.29. The van der Waals surface area contributed by atoms with Gasteiger partial charge in [-0.25, -0.2) is 0 Å². The number of nitrogens with zero attached hydrogens (tertiary/aromatic N) is 1. The number of aromatic amines is 1. The minimum absolute atomic E-state index is 0.196. The maximum atomic E-state index is 12.6. The highest BCUT2D eigenvalue weighted by Gasteiger charge is 2.32. The zero-order chi connectivity index (χ0) is 17.9. The maximum absolute atomic E-state index is 12.6. The first-order chi connectivity index (χ1) is 11.2. The Kier molecular flexibility index (Phi) is 5.27. The number of rotatable bonds is 2. The minimum Gasteiger partial charge on any atom is -0.375 e. The normalized spacial score (nSPS) is 18.3. The van der Waals surface area contributed by atoms with Gasteiger partial charge in [-0.2, -0.15) is 13.2 Å². The van der Waals surface area contributed by atoms with Gasteiger partial charge in [-0.05, 0) is 12.5 Å².